The van der Waals surface area contributed by atoms with Crippen molar-refractivity contribution in [3.05, 3.63) is 112 Å². The number of benzene rings is 3. The van der Waals surface area contributed by atoms with Crippen molar-refractivity contribution in [3.63, 3.8) is 0 Å². The third kappa shape index (κ3) is 5.19. The molecule has 9 nitrogen and oxygen atoms in total. The molecular formula is C35H29ClF2N4O5. The molecule has 3 heterocycles. The fourth-order valence-electron chi connectivity index (χ4n) is 5.96. The van der Waals surface area contributed by atoms with Crippen LogP contribution in [0, 0.1) is 11.6 Å². The van der Waals surface area contributed by atoms with Gasteiger partial charge in [0.2, 0.25) is 5.91 Å². The summed E-state index contributed by atoms with van der Waals surface area (Å²) in [5.74, 6) is -2.22. The lowest BCUT2D eigenvalue weighted by Crippen LogP contribution is -2.43. The number of fused-ring (bicyclic) bond motifs is 2. The van der Waals surface area contributed by atoms with Crippen LogP contribution in [0.2, 0.25) is 5.02 Å². The monoisotopic (exact) mass is 658 g/mol. The molecule has 1 aliphatic heterocycles. The van der Waals surface area contributed by atoms with Gasteiger partial charge in [-0.1, -0.05) is 48.4 Å². The maximum absolute atomic E-state index is 15.3. The number of amides is 2. The molecule has 3 aromatic carbocycles. The molecule has 7 rings (SSSR count). The molecule has 0 saturated heterocycles. The summed E-state index contributed by atoms with van der Waals surface area (Å²) in [7, 11) is 0. The van der Waals surface area contributed by atoms with Gasteiger partial charge in [0, 0.05) is 28.7 Å². The Labute approximate surface area is 272 Å². The van der Waals surface area contributed by atoms with E-state index in [4.69, 9.17) is 26.5 Å². The van der Waals surface area contributed by atoms with E-state index >= 15 is 4.39 Å². The minimum atomic E-state index is -2.02. The van der Waals surface area contributed by atoms with Crippen molar-refractivity contribution in [3.8, 4) is 17.0 Å². The summed E-state index contributed by atoms with van der Waals surface area (Å²) in [5.41, 5.74) is 3.99. The summed E-state index contributed by atoms with van der Waals surface area (Å²) in [5, 5.41) is 14.9. The van der Waals surface area contributed by atoms with Crippen LogP contribution in [0.25, 0.3) is 22.4 Å². The van der Waals surface area contributed by atoms with Gasteiger partial charge in [0.15, 0.2) is 11.5 Å². The first-order chi connectivity index (χ1) is 22.5. The van der Waals surface area contributed by atoms with Crippen molar-refractivity contribution in [2.24, 2.45) is 5.73 Å². The second-order valence-corrected chi connectivity index (χ2v) is 12.6. The number of aromatic nitrogens is 2. The Morgan fingerprint density at radius 3 is 2.55 bits per heavy atom. The van der Waals surface area contributed by atoms with Crippen LogP contribution in [-0.4, -0.2) is 40.0 Å². The second kappa shape index (κ2) is 11.4. The zero-order chi connectivity index (χ0) is 33.1. The SMILES string of the molecule is C[C@]1(C(N)=O)COc2c1cc([C@@](O)(CNC(=O)c1ccc3nc(C4CCC4)oc3c1)c1ccccc1)nc2-c1cc(Cl)c(F)cc1F. The lowest BCUT2D eigenvalue weighted by atomic mass is 9.80. The molecule has 0 spiro atoms. The number of aliphatic hydroxyl groups is 1. The summed E-state index contributed by atoms with van der Waals surface area (Å²) in [4.78, 5) is 35.4. The van der Waals surface area contributed by atoms with Crippen LogP contribution >= 0.6 is 11.6 Å². The predicted octanol–water partition coefficient (Wildman–Crippen LogP) is 5.89. The number of hydrogen-bond donors (Lipinski definition) is 3. The van der Waals surface area contributed by atoms with Gasteiger partial charge in [-0.3, -0.25) is 9.59 Å². The number of ether oxygens (including phenoxy) is 1. The van der Waals surface area contributed by atoms with Crippen molar-refractivity contribution in [1.82, 2.24) is 15.3 Å². The standard InChI is InChI=1S/C35H29ClF2N4O5/c1-34(33(39)44)17-46-30-22(34)14-28(42-29(30)21-13-23(36)25(38)15-24(21)37)35(45,20-8-3-2-4-9-20)16-40-31(43)19-10-11-26-27(12-19)47-32(41-26)18-6-5-7-18/h2-4,8-15,18,45H,5-7,16-17H2,1H3,(H2,39,44)(H,40,43)/t34-,35+/m0/s1. The maximum atomic E-state index is 15.3. The molecule has 2 atom stereocenters. The van der Waals surface area contributed by atoms with E-state index in [1.165, 1.54) is 6.07 Å². The highest BCUT2D eigenvalue weighted by molar-refractivity contribution is 6.31. The maximum Gasteiger partial charge on any atom is 0.251 e. The summed E-state index contributed by atoms with van der Waals surface area (Å²) in [6.07, 6.45) is 3.16. The van der Waals surface area contributed by atoms with E-state index in [0.29, 0.717) is 28.6 Å². The highest BCUT2D eigenvalue weighted by Crippen LogP contribution is 2.47. The topological polar surface area (TPSA) is 141 Å². The number of oxazole rings is 1. The van der Waals surface area contributed by atoms with Crippen molar-refractivity contribution in [2.45, 2.75) is 43.1 Å². The number of halogens is 3. The molecule has 0 radical (unpaired) electrons. The largest absolute Gasteiger partial charge is 0.489 e. The minimum Gasteiger partial charge on any atom is -0.489 e. The third-order valence-corrected chi connectivity index (χ3v) is 9.47. The summed E-state index contributed by atoms with van der Waals surface area (Å²) in [6, 6.07) is 16.5. The van der Waals surface area contributed by atoms with Crippen LogP contribution in [0.3, 0.4) is 0 Å². The molecule has 2 amide bonds. The molecule has 0 bridgehead atoms. The number of carbonyl (C=O) groups is 2. The van der Waals surface area contributed by atoms with E-state index in [9.17, 15) is 19.1 Å². The second-order valence-electron chi connectivity index (χ2n) is 12.2. The zero-order valence-electron chi connectivity index (χ0n) is 25.1. The number of pyridine rings is 1. The number of carbonyl (C=O) groups excluding carboxylic acids is 2. The molecule has 1 aliphatic carbocycles. The molecule has 5 aromatic rings. The van der Waals surface area contributed by atoms with Gasteiger partial charge in [0.25, 0.3) is 5.91 Å². The Morgan fingerprint density at radius 1 is 1.09 bits per heavy atom. The van der Waals surface area contributed by atoms with E-state index in [1.807, 2.05) is 0 Å². The lowest BCUT2D eigenvalue weighted by Gasteiger charge is -2.30. The van der Waals surface area contributed by atoms with Crippen molar-refractivity contribution < 1.29 is 32.6 Å². The number of primary amides is 1. The van der Waals surface area contributed by atoms with Crippen LogP contribution in [0.4, 0.5) is 8.78 Å². The van der Waals surface area contributed by atoms with Crippen molar-refractivity contribution >= 4 is 34.5 Å². The van der Waals surface area contributed by atoms with Gasteiger partial charge in [-0.2, -0.15) is 0 Å². The molecule has 1 fully saturated rings. The average molecular weight is 659 g/mol. The lowest BCUT2D eigenvalue weighted by molar-refractivity contribution is -0.123. The number of nitrogens with two attached hydrogens (primary N) is 1. The number of rotatable bonds is 8. The van der Waals surface area contributed by atoms with Gasteiger partial charge in [0.1, 0.15) is 46.2 Å². The van der Waals surface area contributed by atoms with E-state index in [1.54, 1.807) is 55.5 Å². The number of nitrogens with one attached hydrogen (secondary N) is 1. The number of nitrogens with zero attached hydrogens (tertiary/aromatic N) is 2. The van der Waals surface area contributed by atoms with Crippen LogP contribution < -0.4 is 15.8 Å². The highest BCUT2D eigenvalue weighted by atomic mass is 35.5. The molecule has 240 valence electrons. The molecule has 47 heavy (non-hydrogen) atoms. The molecule has 12 heteroatoms. The van der Waals surface area contributed by atoms with Crippen LogP contribution in [0.15, 0.2) is 71.1 Å². The Morgan fingerprint density at radius 2 is 1.85 bits per heavy atom. The van der Waals surface area contributed by atoms with Crippen LogP contribution in [-0.2, 0) is 15.8 Å². The average Bonchev–Trinajstić information content (AvgIpc) is 3.61. The van der Waals surface area contributed by atoms with Crippen LogP contribution in [0.5, 0.6) is 5.75 Å². The molecular weight excluding hydrogens is 630 g/mol. The van der Waals surface area contributed by atoms with Gasteiger partial charge in [-0.05, 0) is 55.7 Å². The summed E-state index contributed by atoms with van der Waals surface area (Å²) in [6.45, 7) is 0.991. The van der Waals surface area contributed by atoms with Gasteiger partial charge < -0.3 is 25.3 Å². The fourth-order valence-corrected chi connectivity index (χ4v) is 6.13. The Kier molecular flexibility index (Phi) is 7.48. The molecule has 2 aliphatic rings. The molecule has 1 saturated carbocycles. The van der Waals surface area contributed by atoms with Gasteiger partial charge in [0.05, 0.1) is 17.3 Å². The highest BCUT2D eigenvalue weighted by Gasteiger charge is 2.46. The van der Waals surface area contributed by atoms with Crippen molar-refractivity contribution in [2.75, 3.05) is 13.2 Å². The van der Waals surface area contributed by atoms with Crippen LogP contribution in [0.1, 0.15) is 65.2 Å². The van der Waals surface area contributed by atoms with Gasteiger partial charge in [-0.15, -0.1) is 0 Å². The van der Waals surface area contributed by atoms with Gasteiger partial charge in [-0.25, -0.2) is 18.7 Å². The smallest absolute Gasteiger partial charge is 0.251 e. The van der Waals surface area contributed by atoms with Crippen molar-refractivity contribution in [1.29, 1.82) is 0 Å². The quantitative estimate of drug-likeness (QED) is 0.177. The first-order valence-electron chi connectivity index (χ1n) is 15.1. The van der Waals surface area contributed by atoms with Gasteiger partial charge >= 0.3 is 0 Å². The summed E-state index contributed by atoms with van der Waals surface area (Å²) >= 11 is 6.03. The van der Waals surface area contributed by atoms with E-state index in [-0.39, 0.29) is 57.9 Å². The Bertz CT molecular complexity index is 2070. The normalized spacial score (nSPS) is 18.7. The Hall–Kier alpha value is -4.87. The Balaban J connectivity index is 1.31. The van der Waals surface area contributed by atoms with E-state index in [2.05, 4.69) is 15.3 Å². The first kappa shape index (κ1) is 30.8. The summed E-state index contributed by atoms with van der Waals surface area (Å²) < 4.78 is 41.2. The zero-order valence-corrected chi connectivity index (χ0v) is 25.9. The third-order valence-electron chi connectivity index (χ3n) is 9.18. The minimum absolute atomic E-state index is 0.0395. The molecule has 2 aromatic heterocycles. The van der Waals surface area contributed by atoms with E-state index < -0.39 is 34.5 Å². The number of hydrogen-bond acceptors (Lipinski definition) is 7. The molecule has 0 unspecified atom stereocenters. The first-order valence-corrected chi connectivity index (χ1v) is 15.5. The van der Waals surface area contributed by atoms with E-state index in [0.717, 1.165) is 25.3 Å². The molecule has 4 N–H and O–H groups in total. The fraction of sp³-hybridized carbons (Fsp3) is 0.257. The predicted molar refractivity (Wildman–Crippen MR) is 169 cm³/mol.